The Morgan fingerprint density at radius 2 is 2.35 bits per heavy atom. The van der Waals surface area contributed by atoms with Crippen molar-refractivity contribution in [3.05, 3.63) is 29.3 Å². The highest BCUT2D eigenvalue weighted by Gasteiger charge is 2.30. The van der Waals surface area contributed by atoms with Crippen LogP contribution in [0, 0.1) is 0 Å². The minimum atomic E-state index is -1.08. The zero-order valence-electron chi connectivity index (χ0n) is 9.69. The van der Waals surface area contributed by atoms with Gasteiger partial charge in [-0.25, -0.2) is 0 Å². The van der Waals surface area contributed by atoms with Gasteiger partial charge in [0.2, 0.25) is 0 Å². The summed E-state index contributed by atoms with van der Waals surface area (Å²) in [6.45, 7) is 1.26. The molecule has 3 nitrogen and oxygen atoms in total. The van der Waals surface area contributed by atoms with E-state index in [2.05, 4.69) is 5.32 Å². The molecule has 0 radical (unpaired) electrons. The summed E-state index contributed by atoms with van der Waals surface area (Å²) in [6, 6.07) is 7.47. The molecular weight excluding hydrogens is 258 g/mol. The summed E-state index contributed by atoms with van der Waals surface area (Å²) < 4.78 is 17.9. The van der Waals surface area contributed by atoms with E-state index < -0.39 is 10.8 Å². The molecule has 0 saturated carbocycles. The first kappa shape index (κ1) is 13.0. The molecule has 0 amide bonds. The molecule has 1 saturated heterocycles. The van der Waals surface area contributed by atoms with Crippen LogP contribution in [0.1, 0.15) is 6.42 Å². The normalized spacial score (nSPS) is 26.7. The van der Waals surface area contributed by atoms with Gasteiger partial charge in [0.1, 0.15) is 0 Å². The molecule has 1 fully saturated rings. The van der Waals surface area contributed by atoms with Gasteiger partial charge in [0.15, 0.2) is 0 Å². The van der Waals surface area contributed by atoms with Gasteiger partial charge in [-0.1, -0.05) is 17.7 Å². The molecule has 2 rings (SSSR count). The van der Waals surface area contributed by atoms with Crippen molar-refractivity contribution in [1.82, 2.24) is 5.32 Å². The molecule has 0 spiro atoms. The molecular formula is C12H16ClNO2S. The lowest BCUT2D eigenvalue weighted by molar-refractivity contribution is 0.0838. The Hall–Kier alpha value is -0.420. The Morgan fingerprint density at radius 3 is 3.06 bits per heavy atom. The fourth-order valence-electron chi connectivity index (χ4n) is 2.02. The minimum Gasteiger partial charge on any atom is -0.380 e. The maximum absolute atomic E-state index is 12.5. The third kappa shape index (κ3) is 3.07. The molecule has 1 aliphatic rings. The van der Waals surface area contributed by atoms with Crippen LogP contribution in [0.3, 0.4) is 0 Å². The van der Waals surface area contributed by atoms with Crippen LogP contribution >= 0.6 is 11.6 Å². The van der Waals surface area contributed by atoms with Gasteiger partial charge in [-0.2, -0.15) is 0 Å². The highest BCUT2D eigenvalue weighted by molar-refractivity contribution is 7.85. The van der Waals surface area contributed by atoms with Crippen molar-refractivity contribution in [2.75, 3.05) is 20.3 Å². The predicted molar refractivity (Wildman–Crippen MR) is 69.9 cm³/mol. The van der Waals surface area contributed by atoms with Crippen molar-refractivity contribution in [3.63, 3.8) is 0 Å². The maximum Gasteiger partial charge on any atom is 0.0781 e. The molecule has 0 aliphatic carbocycles. The molecule has 1 N–H and O–H groups in total. The van der Waals surface area contributed by atoms with Crippen LogP contribution in [0.5, 0.6) is 0 Å². The van der Waals surface area contributed by atoms with Crippen molar-refractivity contribution in [3.8, 4) is 0 Å². The van der Waals surface area contributed by atoms with Gasteiger partial charge in [0, 0.05) is 22.6 Å². The Bertz CT molecular complexity index is 413. The average Bonchev–Trinajstić information content (AvgIpc) is 2.38. The Labute approximate surface area is 109 Å². The Balaban J connectivity index is 2.18. The molecule has 3 unspecified atom stereocenters. The van der Waals surface area contributed by atoms with Gasteiger partial charge in [-0.05, 0) is 31.7 Å². The van der Waals surface area contributed by atoms with E-state index in [-0.39, 0.29) is 11.3 Å². The molecule has 94 valence electrons. The van der Waals surface area contributed by atoms with E-state index >= 15 is 0 Å². The summed E-state index contributed by atoms with van der Waals surface area (Å²) in [7, 11) is 0.819. The molecule has 1 aromatic rings. The fourth-order valence-corrected chi connectivity index (χ4v) is 3.87. The molecule has 1 aromatic carbocycles. The monoisotopic (exact) mass is 273 g/mol. The molecule has 3 atom stereocenters. The summed E-state index contributed by atoms with van der Waals surface area (Å²) in [5, 5.41) is 3.83. The van der Waals surface area contributed by atoms with Gasteiger partial charge in [-0.15, -0.1) is 0 Å². The molecule has 0 bridgehead atoms. The average molecular weight is 274 g/mol. The quantitative estimate of drug-likeness (QED) is 0.913. The van der Waals surface area contributed by atoms with E-state index in [1.54, 1.807) is 12.1 Å². The zero-order valence-corrected chi connectivity index (χ0v) is 11.3. The summed E-state index contributed by atoms with van der Waals surface area (Å²) in [5.41, 5.74) is 0. The number of nitrogens with one attached hydrogen (secondary N) is 1. The van der Waals surface area contributed by atoms with Crippen molar-refractivity contribution >= 4 is 22.4 Å². The molecule has 1 aliphatic heterocycles. The second kappa shape index (κ2) is 5.96. The number of hydrogen-bond donors (Lipinski definition) is 1. The summed E-state index contributed by atoms with van der Waals surface area (Å²) in [6.07, 6.45) is 0.896. The first-order valence-corrected chi connectivity index (χ1v) is 7.22. The van der Waals surface area contributed by atoms with Gasteiger partial charge >= 0.3 is 0 Å². The van der Waals surface area contributed by atoms with Crippen LogP contribution in [0.25, 0.3) is 0 Å². The van der Waals surface area contributed by atoms with Crippen LogP contribution in [0.4, 0.5) is 0 Å². The van der Waals surface area contributed by atoms with Crippen LogP contribution in [0.2, 0.25) is 5.02 Å². The Morgan fingerprint density at radius 1 is 1.53 bits per heavy atom. The molecule has 17 heavy (non-hydrogen) atoms. The second-order valence-corrected chi connectivity index (χ2v) is 6.16. The number of halogens is 1. The lowest BCUT2D eigenvalue weighted by Crippen LogP contribution is -2.47. The van der Waals surface area contributed by atoms with E-state index in [9.17, 15) is 4.21 Å². The number of rotatable bonds is 3. The largest absolute Gasteiger partial charge is 0.380 e. The van der Waals surface area contributed by atoms with Gasteiger partial charge < -0.3 is 10.1 Å². The molecule has 1 heterocycles. The number of benzene rings is 1. The first-order valence-electron chi connectivity index (χ1n) is 5.63. The third-order valence-electron chi connectivity index (χ3n) is 2.98. The van der Waals surface area contributed by atoms with Crippen LogP contribution in [0.15, 0.2) is 29.2 Å². The predicted octanol–water partition coefficient (Wildman–Crippen LogP) is 1.82. The van der Waals surface area contributed by atoms with Crippen molar-refractivity contribution in [2.24, 2.45) is 0 Å². The second-order valence-electron chi connectivity index (χ2n) is 4.05. The highest BCUT2D eigenvalue weighted by Crippen LogP contribution is 2.21. The lowest BCUT2D eigenvalue weighted by Gasteiger charge is -2.30. The summed E-state index contributed by atoms with van der Waals surface area (Å²) >= 11 is 5.92. The molecule has 5 heteroatoms. The SMILES string of the molecule is CNC1CCOCC1S(=O)c1cccc(Cl)c1. The number of ether oxygens (including phenoxy) is 1. The van der Waals surface area contributed by atoms with Gasteiger partial charge in [0.25, 0.3) is 0 Å². The van der Waals surface area contributed by atoms with Gasteiger partial charge in [-0.3, -0.25) is 4.21 Å². The Kier molecular flexibility index (Phi) is 4.56. The third-order valence-corrected chi connectivity index (χ3v) is 4.95. The standard InChI is InChI=1S/C12H16ClNO2S/c1-14-11-5-6-16-8-12(11)17(15)10-4-2-3-9(13)7-10/h2-4,7,11-12,14H,5-6,8H2,1H3. The van der Waals surface area contributed by atoms with E-state index in [1.807, 2.05) is 19.2 Å². The highest BCUT2D eigenvalue weighted by atomic mass is 35.5. The maximum atomic E-state index is 12.5. The van der Waals surface area contributed by atoms with Crippen molar-refractivity contribution in [2.45, 2.75) is 22.6 Å². The molecule has 0 aromatic heterocycles. The van der Waals surface area contributed by atoms with E-state index in [0.717, 1.165) is 17.9 Å². The summed E-state index contributed by atoms with van der Waals surface area (Å²) in [5.74, 6) is 0. The van der Waals surface area contributed by atoms with E-state index in [4.69, 9.17) is 16.3 Å². The zero-order chi connectivity index (χ0) is 12.3. The van der Waals surface area contributed by atoms with E-state index in [1.165, 1.54) is 0 Å². The smallest absolute Gasteiger partial charge is 0.0781 e. The number of hydrogen-bond acceptors (Lipinski definition) is 3. The van der Waals surface area contributed by atoms with Crippen molar-refractivity contribution < 1.29 is 8.95 Å². The van der Waals surface area contributed by atoms with Crippen molar-refractivity contribution in [1.29, 1.82) is 0 Å². The summed E-state index contributed by atoms with van der Waals surface area (Å²) in [4.78, 5) is 0.772. The van der Waals surface area contributed by atoms with Gasteiger partial charge in [0.05, 0.1) is 22.7 Å². The van der Waals surface area contributed by atoms with Crippen LogP contribution in [-0.2, 0) is 15.5 Å². The topological polar surface area (TPSA) is 38.3 Å². The van der Waals surface area contributed by atoms with E-state index in [0.29, 0.717) is 11.6 Å². The minimum absolute atomic E-state index is 0.00721. The lowest BCUT2D eigenvalue weighted by atomic mass is 10.1. The first-order chi connectivity index (χ1) is 8.22. The van der Waals surface area contributed by atoms with Crippen LogP contribution in [-0.4, -0.2) is 35.8 Å². The fraction of sp³-hybridized carbons (Fsp3) is 0.500. The van der Waals surface area contributed by atoms with Crippen LogP contribution < -0.4 is 5.32 Å².